The van der Waals surface area contributed by atoms with Crippen LogP contribution in [0.2, 0.25) is 5.02 Å². The van der Waals surface area contributed by atoms with Crippen molar-refractivity contribution in [1.82, 2.24) is 9.88 Å². The van der Waals surface area contributed by atoms with Gasteiger partial charge in [0.05, 0.1) is 11.3 Å². The number of pyridine rings is 1. The van der Waals surface area contributed by atoms with Crippen LogP contribution in [0.1, 0.15) is 21.6 Å². The summed E-state index contributed by atoms with van der Waals surface area (Å²) in [6, 6.07) is 16.6. The van der Waals surface area contributed by atoms with Crippen LogP contribution in [-0.4, -0.2) is 47.4 Å². The highest BCUT2D eigenvalue weighted by atomic mass is 35.5. The Bertz CT molecular complexity index is 1200. The van der Waals surface area contributed by atoms with Gasteiger partial charge in [-0.1, -0.05) is 29.8 Å². The normalized spacial score (nSPS) is 15.4. The van der Waals surface area contributed by atoms with Crippen LogP contribution >= 0.6 is 11.6 Å². The van der Waals surface area contributed by atoms with E-state index in [1.807, 2.05) is 12.1 Å². The van der Waals surface area contributed by atoms with Crippen molar-refractivity contribution in [2.45, 2.75) is 19.0 Å². The lowest BCUT2D eigenvalue weighted by molar-refractivity contribution is -0.121. The Hall–Kier alpha value is -3.75. The molecule has 8 nitrogen and oxygen atoms in total. The molecule has 2 aromatic carbocycles. The van der Waals surface area contributed by atoms with Gasteiger partial charge >= 0.3 is 0 Å². The number of fused-ring (bicyclic) bond motifs is 1. The summed E-state index contributed by atoms with van der Waals surface area (Å²) in [4.78, 5) is 44.4. The highest BCUT2D eigenvalue weighted by Gasteiger charge is 2.35. The van der Waals surface area contributed by atoms with Crippen LogP contribution in [0.15, 0.2) is 66.9 Å². The van der Waals surface area contributed by atoms with E-state index >= 15 is 0 Å². The van der Waals surface area contributed by atoms with E-state index in [1.54, 1.807) is 59.6 Å². The minimum Gasteiger partial charge on any atom is -0.375 e. The summed E-state index contributed by atoms with van der Waals surface area (Å²) < 4.78 is 4.82. The molecule has 0 saturated heterocycles. The lowest BCUT2D eigenvalue weighted by Gasteiger charge is -2.28. The summed E-state index contributed by atoms with van der Waals surface area (Å²) in [7, 11) is 1.45. The zero-order valence-corrected chi connectivity index (χ0v) is 19.2. The van der Waals surface area contributed by atoms with Gasteiger partial charge in [0.1, 0.15) is 12.6 Å². The second kappa shape index (κ2) is 10.5. The Morgan fingerprint density at radius 3 is 2.65 bits per heavy atom. The van der Waals surface area contributed by atoms with Crippen LogP contribution in [0.5, 0.6) is 0 Å². The van der Waals surface area contributed by atoms with Crippen molar-refractivity contribution in [1.29, 1.82) is 0 Å². The van der Waals surface area contributed by atoms with Crippen molar-refractivity contribution in [3.05, 3.63) is 88.7 Å². The number of carbonyl (C=O) groups excluding carboxylic acids is 3. The smallest absolute Gasteiger partial charge is 0.256 e. The monoisotopic (exact) mass is 478 g/mol. The molecule has 4 rings (SSSR count). The Balaban J connectivity index is 1.64. The quantitative estimate of drug-likeness (QED) is 0.541. The van der Waals surface area contributed by atoms with Crippen LogP contribution in [0.4, 0.5) is 11.4 Å². The molecule has 9 heteroatoms. The molecule has 0 radical (unpaired) electrons. The highest BCUT2D eigenvalue weighted by Crippen LogP contribution is 2.28. The number of amides is 3. The molecule has 0 spiro atoms. The maximum atomic E-state index is 13.6. The summed E-state index contributed by atoms with van der Waals surface area (Å²) >= 11 is 6.10. The SMILES string of the molecule is COCC(=O)Nc1ccc(CN2C(=O)c3ccc(Cl)cc3NC(=O)[C@H]2Cc2ccccn2)cc1. The van der Waals surface area contributed by atoms with E-state index in [-0.39, 0.29) is 37.3 Å². The maximum Gasteiger partial charge on any atom is 0.256 e. The maximum absolute atomic E-state index is 13.6. The molecule has 2 heterocycles. The second-order valence-corrected chi connectivity index (χ2v) is 8.27. The zero-order valence-electron chi connectivity index (χ0n) is 18.5. The molecule has 174 valence electrons. The molecule has 0 saturated carbocycles. The van der Waals surface area contributed by atoms with Gasteiger partial charge in [0.2, 0.25) is 11.8 Å². The van der Waals surface area contributed by atoms with Crippen LogP contribution < -0.4 is 10.6 Å². The number of nitrogens with one attached hydrogen (secondary N) is 2. The number of carbonyl (C=O) groups is 3. The third-order valence-electron chi connectivity index (χ3n) is 5.40. The molecule has 0 aliphatic carbocycles. The van der Waals surface area contributed by atoms with E-state index in [0.717, 1.165) is 5.56 Å². The molecule has 1 aliphatic rings. The Morgan fingerprint density at radius 1 is 1.15 bits per heavy atom. The molecule has 0 unspecified atom stereocenters. The minimum absolute atomic E-state index is 0.0439. The number of methoxy groups -OCH3 is 1. The minimum atomic E-state index is -0.783. The average Bonchev–Trinajstić information content (AvgIpc) is 2.91. The number of halogens is 1. The van der Waals surface area contributed by atoms with Gasteiger partial charge < -0.3 is 20.3 Å². The van der Waals surface area contributed by atoms with E-state index in [0.29, 0.717) is 27.7 Å². The van der Waals surface area contributed by atoms with E-state index in [4.69, 9.17) is 16.3 Å². The number of ether oxygens (including phenoxy) is 1. The molecular formula is C25H23ClN4O4. The first-order valence-corrected chi connectivity index (χ1v) is 11.0. The topological polar surface area (TPSA) is 101 Å². The average molecular weight is 479 g/mol. The van der Waals surface area contributed by atoms with Gasteiger partial charge in [0, 0.05) is 42.7 Å². The molecule has 1 aliphatic heterocycles. The first kappa shape index (κ1) is 23.4. The third kappa shape index (κ3) is 5.41. The predicted molar refractivity (Wildman–Crippen MR) is 129 cm³/mol. The molecule has 34 heavy (non-hydrogen) atoms. The van der Waals surface area contributed by atoms with Gasteiger partial charge in [0.25, 0.3) is 5.91 Å². The van der Waals surface area contributed by atoms with Gasteiger partial charge in [-0.25, -0.2) is 0 Å². The number of hydrogen-bond donors (Lipinski definition) is 2. The molecule has 1 atom stereocenters. The van der Waals surface area contributed by atoms with Crippen LogP contribution in [0.25, 0.3) is 0 Å². The first-order valence-electron chi connectivity index (χ1n) is 10.6. The summed E-state index contributed by atoms with van der Waals surface area (Å²) in [5.74, 6) is -0.868. The van der Waals surface area contributed by atoms with E-state index in [2.05, 4.69) is 15.6 Å². The van der Waals surface area contributed by atoms with Gasteiger partial charge in [0.15, 0.2) is 0 Å². The number of aromatic nitrogens is 1. The second-order valence-electron chi connectivity index (χ2n) is 7.83. The predicted octanol–water partition coefficient (Wildman–Crippen LogP) is 3.53. The van der Waals surface area contributed by atoms with Crippen LogP contribution in [-0.2, 0) is 27.3 Å². The number of anilines is 2. The largest absolute Gasteiger partial charge is 0.375 e. The number of nitrogens with zero attached hydrogens (tertiary/aromatic N) is 2. The fourth-order valence-corrected chi connectivity index (χ4v) is 3.95. The number of benzene rings is 2. The lowest BCUT2D eigenvalue weighted by atomic mass is 10.1. The van der Waals surface area contributed by atoms with Crippen LogP contribution in [0.3, 0.4) is 0 Å². The first-order chi connectivity index (χ1) is 16.4. The molecule has 0 bridgehead atoms. The Kier molecular flexibility index (Phi) is 7.20. The third-order valence-corrected chi connectivity index (χ3v) is 5.64. The van der Waals surface area contributed by atoms with E-state index in [1.165, 1.54) is 7.11 Å². The fraction of sp³-hybridized carbons (Fsp3) is 0.200. The van der Waals surface area contributed by atoms with Crippen molar-refractivity contribution in [3.8, 4) is 0 Å². The van der Waals surface area contributed by atoms with Gasteiger partial charge in [-0.05, 0) is 48.0 Å². The highest BCUT2D eigenvalue weighted by molar-refractivity contribution is 6.31. The lowest BCUT2D eigenvalue weighted by Crippen LogP contribution is -2.46. The van der Waals surface area contributed by atoms with Crippen LogP contribution in [0, 0.1) is 0 Å². The summed E-state index contributed by atoms with van der Waals surface area (Å²) in [5, 5.41) is 6.00. The number of rotatable bonds is 7. The molecule has 3 amide bonds. The Labute approximate surface area is 201 Å². The summed E-state index contributed by atoms with van der Waals surface area (Å²) in [5.41, 5.74) is 2.85. The summed E-state index contributed by atoms with van der Waals surface area (Å²) in [6.45, 7) is 0.149. The summed E-state index contributed by atoms with van der Waals surface area (Å²) in [6.07, 6.45) is 1.91. The van der Waals surface area contributed by atoms with Crippen molar-refractivity contribution >= 4 is 40.7 Å². The van der Waals surface area contributed by atoms with E-state index < -0.39 is 6.04 Å². The van der Waals surface area contributed by atoms with Gasteiger partial charge in [-0.3, -0.25) is 19.4 Å². The van der Waals surface area contributed by atoms with E-state index in [9.17, 15) is 14.4 Å². The standard InChI is InChI=1S/C25H23ClN4O4/c1-34-15-23(31)28-18-8-5-16(6-9-18)14-30-22(13-19-4-2-3-11-27-19)24(32)29-21-12-17(26)7-10-20(21)25(30)33/h2-12,22H,13-15H2,1H3,(H,28,31)(H,29,32)/t22-/m1/s1. The molecular weight excluding hydrogens is 456 g/mol. The van der Waals surface area contributed by atoms with Crippen molar-refractivity contribution in [2.75, 3.05) is 24.4 Å². The van der Waals surface area contributed by atoms with Crippen molar-refractivity contribution in [3.63, 3.8) is 0 Å². The zero-order chi connectivity index (χ0) is 24.1. The molecule has 1 aromatic heterocycles. The van der Waals surface area contributed by atoms with Crippen molar-refractivity contribution < 1.29 is 19.1 Å². The molecule has 3 aromatic rings. The fourth-order valence-electron chi connectivity index (χ4n) is 3.78. The molecule has 0 fully saturated rings. The molecule has 2 N–H and O–H groups in total. The van der Waals surface area contributed by atoms with Crippen molar-refractivity contribution in [2.24, 2.45) is 0 Å². The van der Waals surface area contributed by atoms with Gasteiger partial charge in [-0.15, -0.1) is 0 Å². The van der Waals surface area contributed by atoms with Gasteiger partial charge in [-0.2, -0.15) is 0 Å². The number of hydrogen-bond acceptors (Lipinski definition) is 5. The Morgan fingerprint density at radius 2 is 1.94 bits per heavy atom.